The molecule has 1 aliphatic carbocycles. The molecule has 1 unspecified atom stereocenters. The lowest BCUT2D eigenvalue weighted by Gasteiger charge is -2.23. The Morgan fingerprint density at radius 1 is 1.39 bits per heavy atom. The van der Waals surface area contributed by atoms with Crippen molar-refractivity contribution in [3.05, 3.63) is 24.0 Å². The van der Waals surface area contributed by atoms with Gasteiger partial charge in [0.2, 0.25) is 0 Å². The third kappa shape index (κ3) is 3.15. The van der Waals surface area contributed by atoms with E-state index in [1.165, 1.54) is 37.8 Å². The predicted octanol–water partition coefficient (Wildman–Crippen LogP) is 4.22. The summed E-state index contributed by atoms with van der Waals surface area (Å²) in [5, 5.41) is 3.47. The molecule has 2 nitrogen and oxygen atoms in total. The first kappa shape index (κ1) is 13.2. The topological polar surface area (TPSA) is 21.3 Å². The van der Waals surface area contributed by atoms with E-state index in [0.717, 1.165) is 11.6 Å². The van der Waals surface area contributed by atoms with E-state index >= 15 is 0 Å². The van der Waals surface area contributed by atoms with Crippen molar-refractivity contribution in [1.82, 2.24) is 0 Å². The summed E-state index contributed by atoms with van der Waals surface area (Å²) in [5.41, 5.74) is 0.901. The van der Waals surface area contributed by atoms with Crippen LogP contribution in [0.3, 0.4) is 0 Å². The molecule has 1 atom stereocenters. The van der Waals surface area contributed by atoms with E-state index in [9.17, 15) is 4.39 Å². The van der Waals surface area contributed by atoms with Crippen LogP contribution in [0.5, 0.6) is 5.75 Å². The van der Waals surface area contributed by atoms with Crippen molar-refractivity contribution in [3.8, 4) is 5.75 Å². The molecule has 1 aromatic rings. The van der Waals surface area contributed by atoms with Gasteiger partial charge in [-0.05, 0) is 44.7 Å². The fraction of sp³-hybridized carbons (Fsp3) is 0.600. The molecule has 2 rings (SSSR count). The van der Waals surface area contributed by atoms with Crippen molar-refractivity contribution in [2.75, 3.05) is 11.9 Å². The average molecular weight is 251 g/mol. The molecule has 18 heavy (non-hydrogen) atoms. The SMILES string of the molecule is CCOc1cc(F)ccc1NC(C)C1CCCC1. The number of hydrogen-bond donors (Lipinski definition) is 1. The van der Waals surface area contributed by atoms with Gasteiger partial charge in [0.1, 0.15) is 11.6 Å². The highest BCUT2D eigenvalue weighted by atomic mass is 19.1. The molecule has 0 aromatic heterocycles. The fourth-order valence-corrected chi connectivity index (χ4v) is 2.71. The Morgan fingerprint density at radius 2 is 2.11 bits per heavy atom. The van der Waals surface area contributed by atoms with E-state index in [2.05, 4.69) is 12.2 Å². The van der Waals surface area contributed by atoms with E-state index < -0.39 is 0 Å². The molecule has 3 heteroatoms. The van der Waals surface area contributed by atoms with Crippen LogP contribution in [-0.4, -0.2) is 12.6 Å². The van der Waals surface area contributed by atoms with Crippen molar-refractivity contribution in [3.63, 3.8) is 0 Å². The second kappa shape index (κ2) is 6.07. The monoisotopic (exact) mass is 251 g/mol. The lowest BCUT2D eigenvalue weighted by molar-refractivity contribution is 0.339. The summed E-state index contributed by atoms with van der Waals surface area (Å²) in [7, 11) is 0. The Balaban J connectivity index is 2.07. The van der Waals surface area contributed by atoms with Gasteiger partial charge in [0.15, 0.2) is 0 Å². The molecule has 0 spiro atoms. The van der Waals surface area contributed by atoms with E-state index in [4.69, 9.17) is 4.74 Å². The number of rotatable bonds is 5. The quantitative estimate of drug-likeness (QED) is 0.846. The molecular weight excluding hydrogens is 229 g/mol. The van der Waals surface area contributed by atoms with Gasteiger partial charge in [-0.3, -0.25) is 0 Å². The first-order valence-corrected chi connectivity index (χ1v) is 6.89. The van der Waals surface area contributed by atoms with Crippen LogP contribution in [-0.2, 0) is 0 Å². The number of anilines is 1. The molecule has 0 saturated heterocycles. The summed E-state index contributed by atoms with van der Waals surface area (Å²) in [6.07, 6.45) is 5.25. The Kier molecular flexibility index (Phi) is 4.45. The number of nitrogens with one attached hydrogen (secondary N) is 1. The zero-order valence-corrected chi connectivity index (χ0v) is 11.2. The predicted molar refractivity (Wildman–Crippen MR) is 72.6 cm³/mol. The molecule has 1 aliphatic rings. The number of hydrogen-bond acceptors (Lipinski definition) is 2. The van der Waals surface area contributed by atoms with Crippen LogP contribution in [0.15, 0.2) is 18.2 Å². The van der Waals surface area contributed by atoms with E-state index in [0.29, 0.717) is 18.4 Å². The van der Waals surface area contributed by atoms with Crippen molar-refractivity contribution >= 4 is 5.69 Å². The third-order valence-electron chi connectivity index (χ3n) is 3.73. The van der Waals surface area contributed by atoms with Crippen LogP contribution in [0.4, 0.5) is 10.1 Å². The Hall–Kier alpha value is -1.25. The summed E-state index contributed by atoms with van der Waals surface area (Å²) in [4.78, 5) is 0. The van der Waals surface area contributed by atoms with Gasteiger partial charge in [0, 0.05) is 12.1 Å². The second-order valence-corrected chi connectivity index (χ2v) is 5.05. The molecule has 0 heterocycles. The Bertz CT molecular complexity index is 388. The average Bonchev–Trinajstić information content (AvgIpc) is 2.86. The van der Waals surface area contributed by atoms with Crippen molar-refractivity contribution in [2.45, 2.75) is 45.6 Å². The molecule has 1 aromatic carbocycles. The Morgan fingerprint density at radius 3 is 2.78 bits per heavy atom. The zero-order chi connectivity index (χ0) is 13.0. The van der Waals surface area contributed by atoms with Crippen LogP contribution in [0.2, 0.25) is 0 Å². The highest BCUT2D eigenvalue weighted by molar-refractivity contribution is 5.57. The fourth-order valence-electron chi connectivity index (χ4n) is 2.71. The summed E-state index contributed by atoms with van der Waals surface area (Å²) in [5.74, 6) is 1.09. The number of halogens is 1. The van der Waals surface area contributed by atoms with Gasteiger partial charge < -0.3 is 10.1 Å². The first-order valence-electron chi connectivity index (χ1n) is 6.89. The zero-order valence-electron chi connectivity index (χ0n) is 11.2. The molecule has 1 fully saturated rings. The van der Waals surface area contributed by atoms with E-state index in [1.807, 2.05) is 6.92 Å². The highest BCUT2D eigenvalue weighted by Crippen LogP contribution is 2.32. The van der Waals surface area contributed by atoms with Crippen LogP contribution in [0, 0.1) is 11.7 Å². The Labute approximate surface area is 109 Å². The molecule has 0 radical (unpaired) electrons. The molecular formula is C15H22FNO. The lowest BCUT2D eigenvalue weighted by atomic mass is 9.99. The van der Waals surface area contributed by atoms with Gasteiger partial charge in [0.25, 0.3) is 0 Å². The van der Waals surface area contributed by atoms with Gasteiger partial charge in [-0.25, -0.2) is 4.39 Å². The van der Waals surface area contributed by atoms with Crippen LogP contribution in [0.1, 0.15) is 39.5 Å². The molecule has 0 amide bonds. The van der Waals surface area contributed by atoms with E-state index in [1.54, 1.807) is 6.07 Å². The molecule has 1 saturated carbocycles. The van der Waals surface area contributed by atoms with Gasteiger partial charge in [-0.15, -0.1) is 0 Å². The van der Waals surface area contributed by atoms with Crippen molar-refractivity contribution in [1.29, 1.82) is 0 Å². The van der Waals surface area contributed by atoms with Crippen molar-refractivity contribution < 1.29 is 9.13 Å². The third-order valence-corrected chi connectivity index (χ3v) is 3.73. The second-order valence-electron chi connectivity index (χ2n) is 5.05. The minimum Gasteiger partial charge on any atom is -0.492 e. The maximum Gasteiger partial charge on any atom is 0.145 e. The summed E-state index contributed by atoms with van der Waals surface area (Å²) in [6.45, 7) is 4.67. The highest BCUT2D eigenvalue weighted by Gasteiger charge is 2.22. The van der Waals surface area contributed by atoms with Crippen LogP contribution >= 0.6 is 0 Å². The summed E-state index contributed by atoms with van der Waals surface area (Å²) >= 11 is 0. The summed E-state index contributed by atoms with van der Waals surface area (Å²) in [6, 6.07) is 5.11. The van der Waals surface area contributed by atoms with Gasteiger partial charge in [-0.2, -0.15) is 0 Å². The molecule has 100 valence electrons. The van der Waals surface area contributed by atoms with Gasteiger partial charge in [0.05, 0.1) is 12.3 Å². The standard InChI is InChI=1S/C15H22FNO/c1-3-18-15-10-13(16)8-9-14(15)17-11(2)12-6-4-5-7-12/h8-12,17H,3-7H2,1-2H3. The maximum absolute atomic E-state index is 13.2. The maximum atomic E-state index is 13.2. The molecule has 1 N–H and O–H groups in total. The number of benzene rings is 1. The largest absolute Gasteiger partial charge is 0.492 e. The molecule has 0 aliphatic heterocycles. The smallest absolute Gasteiger partial charge is 0.145 e. The molecule has 0 bridgehead atoms. The van der Waals surface area contributed by atoms with Crippen LogP contribution < -0.4 is 10.1 Å². The summed E-state index contributed by atoms with van der Waals surface area (Å²) < 4.78 is 18.7. The lowest BCUT2D eigenvalue weighted by Crippen LogP contribution is -2.24. The number of ether oxygens (including phenoxy) is 1. The minimum absolute atomic E-state index is 0.252. The first-order chi connectivity index (χ1) is 8.70. The minimum atomic E-state index is -0.252. The van der Waals surface area contributed by atoms with Crippen molar-refractivity contribution in [2.24, 2.45) is 5.92 Å². The van der Waals surface area contributed by atoms with Gasteiger partial charge in [-0.1, -0.05) is 12.8 Å². The normalized spacial score (nSPS) is 17.7. The van der Waals surface area contributed by atoms with E-state index in [-0.39, 0.29) is 5.82 Å². The van der Waals surface area contributed by atoms with Gasteiger partial charge >= 0.3 is 0 Å². The van der Waals surface area contributed by atoms with Crippen LogP contribution in [0.25, 0.3) is 0 Å².